The van der Waals surface area contributed by atoms with Gasteiger partial charge in [-0.3, -0.25) is 4.79 Å². The van der Waals surface area contributed by atoms with Crippen molar-refractivity contribution in [3.8, 4) is 0 Å². The van der Waals surface area contributed by atoms with Crippen LogP contribution in [-0.4, -0.2) is 28.0 Å². The fraction of sp³-hybridized carbons (Fsp3) is 0.357. The molecule has 6 nitrogen and oxygen atoms in total. The zero-order valence-electron chi connectivity index (χ0n) is 11.5. The molecule has 7 heteroatoms. The molecule has 0 fully saturated rings. The molecule has 1 unspecified atom stereocenters. The number of thiazole rings is 1. The number of hydrogen-bond acceptors (Lipinski definition) is 5. The predicted octanol–water partition coefficient (Wildman–Crippen LogP) is 1.79. The van der Waals surface area contributed by atoms with E-state index >= 15 is 0 Å². The molecule has 0 aliphatic rings. The third-order valence-electron chi connectivity index (χ3n) is 3.04. The average Bonchev–Trinajstić information content (AvgIpc) is 3.07. The van der Waals surface area contributed by atoms with Crippen molar-refractivity contribution >= 4 is 23.2 Å². The largest absolute Gasteiger partial charge is 0.480 e. The fourth-order valence-corrected chi connectivity index (χ4v) is 2.67. The van der Waals surface area contributed by atoms with Gasteiger partial charge in [0.1, 0.15) is 11.8 Å². The molecule has 2 aromatic heterocycles. The van der Waals surface area contributed by atoms with Gasteiger partial charge in [0.2, 0.25) is 5.91 Å². The molecule has 0 radical (unpaired) electrons. The Morgan fingerprint density at radius 2 is 2.33 bits per heavy atom. The second-order valence-electron chi connectivity index (χ2n) is 4.60. The summed E-state index contributed by atoms with van der Waals surface area (Å²) >= 11 is 1.50. The Morgan fingerprint density at radius 3 is 2.90 bits per heavy atom. The Labute approximate surface area is 125 Å². The number of carbonyl (C=O) groups excluding carboxylic acids is 1. The number of amides is 1. The van der Waals surface area contributed by atoms with Gasteiger partial charge in [0.15, 0.2) is 0 Å². The molecule has 2 heterocycles. The Morgan fingerprint density at radius 1 is 1.52 bits per heavy atom. The summed E-state index contributed by atoms with van der Waals surface area (Å²) in [5.74, 6) is -0.837. The number of nitrogens with one attached hydrogen (secondary N) is 1. The van der Waals surface area contributed by atoms with Crippen LogP contribution in [0.4, 0.5) is 0 Å². The van der Waals surface area contributed by atoms with Crippen LogP contribution < -0.4 is 5.32 Å². The number of rotatable bonds is 7. The lowest BCUT2D eigenvalue weighted by atomic mass is 10.1. The van der Waals surface area contributed by atoms with Crippen LogP contribution in [-0.2, 0) is 22.4 Å². The van der Waals surface area contributed by atoms with Gasteiger partial charge in [0.25, 0.3) is 0 Å². The van der Waals surface area contributed by atoms with Crippen LogP contribution in [0.5, 0.6) is 0 Å². The highest BCUT2D eigenvalue weighted by molar-refractivity contribution is 7.09. The molecule has 0 spiro atoms. The lowest BCUT2D eigenvalue weighted by molar-refractivity contribution is -0.141. The number of aryl methyl sites for hydroxylation is 2. The Bertz CT molecular complexity index is 606. The minimum Gasteiger partial charge on any atom is -0.480 e. The molecular weight excluding hydrogens is 292 g/mol. The van der Waals surface area contributed by atoms with Gasteiger partial charge >= 0.3 is 5.97 Å². The molecule has 2 rings (SSSR count). The lowest BCUT2D eigenvalue weighted by Gasteiger charge is -2.13. The van der Waals surface area contributed by atoms with Crippen molar-refractivity contribution in [2.75, 3.05) is 0 Å². The molecule has 1 amide bonds. The first-order chi connectivity index (χ1) is 10.1. The van der Waals surface area contributed by atoms with Crippen molar-refractivity contribution in [3.63, 3.8) is 0 Å². The lowest BCUT2D eigenvalue weighted by Crippen LogP contribution is -2.42. The molecule has 0 saturated heterocycles. The maximum Gasteiger partial charge on any atom is 0.326 e. The number of aliphatic carboxylic acids is 1. The third kappa shape index (κ3) is 4.42. The predicted molar refractivity (Wildman–Crippen MR) is 77.2 cm³/mol. The quantitative estimate of drug-likeness (QED) is 0.813. The highest BCUT2D eigenvalue weighted by Gasteiger charge is 2.21. The molecule has 0 bridgehead atoms. The summed E-state index contributed by atoms with van der Waals surface area (Å²) in [6.45, 7) is 1.89. The summed E-state index contributed by atoms with van der Waals surface area (Å²) in [5.41, 5.74) is 2.65. The second kappa shape index (κ2) is 7.03. The van der Waals surface area contributed by atoms with Crippen molar-refractivity contribution in [1.82, 2.24) is 10.3 Å². The number of aromatic nitrogens is 1. The van der Waals surface area contributed by atoms with Gasteiger partial charge in [-0.15, -0.1) is 11.3 Å². The first-order valence-corrected chi connectivity index (χ1v) is 7.37. The van der Waals surface area contributed by atoms with Crippen LogP contribution in [0.3, 0.4) is 0 Å². The van der Waals surface area contributed by atoms with Gasteiger partial charge in [0.05, 0.1) is 17.5 Å². The normalized spacial score (nSPS) is 12.0. The van der Waals surface area contributed by atoms with E-state index in [9.17, 15) is 9.59 Å². The molecule has 1 atom stereocenters. The fourth-order valence-electron chi connectivity index (χ4n) is 1.89. The molecule has 0 saturated carbocycles. The summed E-state index contributed by atoms with van der Waals surface area (Å²) in [5, 5.41) is 11.7. The highest BCUT2D eigenvalue weighted by Crippen LogP contribution is 2.14. The van der Waals surface area contributed by atoms with E-state index in [0.29, 0.717) is 12.2 Å². The second-order valence-corrected chi connectivity index (χ2v) is 5.54. The van der Waals surface area contributed by atoms with Crippen LogP contribution in [0.1, 0.15) is 22.8 Å². The van der Waals surface area contributed by atoms with E-state index in [0.717, 1.165) is 10.6 Å². The average molecular weight is 308 g/mol. The van der Waals surface area contributed by atoms with Gasteiger partial charge in [-0.25, -0.2) is 9.78 Å². The zero-order chi connectivity index (χ0) is 15.2. The standard InChI is InChI=1S/C14H16N2O4S/c1-9-12(21-8-15-9)4-5-13(17)16-11(14(18)19)7-10-3-2-6-20-10/h2-3,6,8,11H,4-5,7H2,1H3,(H,16,17)(H,18,19). The van der Waals surface area contributed by atoms with Crippen LogP contribution in [0.2, 0.25) is 0 Å². The number of nitrogens with zero attached hydrogens (tertiary/aromatic N) is 1. The molecule has 112 valence electrons. The molecule has 2 N–H and O–H groups in total. The maximum absolute atomic E-state index is 11.9. The van der Waals surface area contributed by atoms with Crippen molar-refractivity contribution in [2.24, 2.45) is 0 Å². The third-order valence-corrected chi connectivity index (χ3v) is 4.04. The van der Waals surface area contributed by atoms with Gasteiger partial charge in [-0.05, 0) is 25.5 Å². The topological polar surface area (TPSA) is 92.4 Å². The first kappa shape index (κ1) is 15.2. The Hall–Kier alpha value is -2.15. The van der Waals surface area contributed by atoms with Crippen molar-refractivity contribution in [1.29, 1.82) is 0 Å². The van der Waals surface area contributed by atoms with Gasteiger partial charge < -0.3 is 14.8 Å². The van der Waals surface area contributed by atoms with E-state index in [4.69, 9.17) is 9.52 Å². The highest BCUT2D eigenvalue weighted by atomic mass is 32.1. The molecular formula is C14H16N2O4S. The Kier molecular flexibility index (Phi) is 5.10. The monoisotopic (exact) mass is 308 g/mol. The summed E-state index contributed by atoms with van der Waals surface area (Å²) in [4.78, 5) is 28.2. The van der Waals surface area contributed by atoms with E-state index in [1.807, 2.05) is 6.92 Å². The molecule has 2 aromatic rings. The number of carboxylic acid groups (broad SMARTS) is 1. The van der Waals surface area contributed by atoms with E-state index in [1.165, 1.54) is 17.6 Å². The van der Waals surface area contributed by atoms with E-state index < -0.39 is 12.0 Å². The molecule has 0 aliphatic carbocycles. The van der Waals surface area contributed by atoms with Crippen LogP contribution in [0.25, 0.3) is 0 Å². The summed E-state index contributed by atoms with van der Waals surface area (Å²) in [6.07, 6.45) is 2.41. The van der Waals surface area contributed by atoms with Crippen LogP contribution >= 0.6 is 11.3 Å². The summed E-state index contributed by atoms with van der Waals surface area (Å²) < 4.78 is 5.11. The number of furan rings is 1. The van der Waals surface area contributed by atoms with E-state index in [-0.39, 0.29) is 18.7 Å². The smallest absolute Gasteiger partial charge is 0.326 e. The van der Waals surface area contributed by atoms with Gasteiger partial charge in [-0.2, -0.15) is 0 Å². The van der Waals surface area contributed by atoms with Crippen molar-refractivity contribution in [2.45, 2.75) is 32.2 Å². The molecule has 0 aromatic carbocycles. The summed E-state index contributed by atoms with van der Waals surface area (Å²) in [6, 6.07) is 2.39. The van der Waals surface area contributed by atoms with E-state index in [2.05, 4.69) is 10.3 Å². The van der Waals surface area contributed by atoms with E-state index in [1.54, 1.807) is 17.6 Å². The maximum atomic E-state index is 11.9. The molecule has 21 heavy (non-hydrogen) atoms. The number of hydrogen-bond donors (Lipinski definition) is 2. The minimum absolute atomic E-state index is 0.133. The summed E-state index contributed by atoms with van der Waals surface area (Å²) in [7, 11) is 0. The van der Waals surface area contributed by atoms with Crippen LogP contribution in [0.15, 0.2) is 28.3 Å². The first-order valence-electron chi connectivity index (χ1n) is 6.49. The number of carbonyl (C=O) groups is 2. The van der Waals surface area contributed by atoms with Crippen molar-refractivity contribution < 1.29 is 19.1 Å². The minimum atomic E-state index is -1.08. The van der Waals surface area contributed by atoms with Gasteiger partial charge in [0, 0.05) is 17.7 Å². The SMILES string of the molecule is Cc1ncsc1CCC(=O)NC(Cc1ccco1)C(=O)O. The van der Waals surface area contributed by atoms with Crippen molar-refractivity contribution in [3.05, 3.63) is 40.2 Å². The zero-order valence-corrected chi connectivity index (χ0v) is 12.4. The molecule has 0 aliphatic heterocycles. The van der Waals surface area contributed by atoms with Gasteiger partial charge in [-0.1, -0.05) is 0 Å². The van der Waals surface area contributed by atoms with Crippen LogP contribution in [0, 0.1) is 6.92 Å². The number of carboxylic acids is 1. The Balaban J connectivity index is 1.86.